The van der Waals surface area contributed by atoms with Crippen molar-refractivity contribution in [1.29, 1.82) is 0 Å². The first-order chi connectivity index (χ1) is 14.4. The lowest BCUT2D eigenvalue weighted by Gasteiger charge is -2.23. The van der Waals surface area contributed by atoms with E-state index in [-0.39, 0.29) is 30.0 Å². The third-order valence-corrected chi connectivity index (χ3v) is 6.38. The first-order valence-electron chi connectivity index (χ1n) is 10.2. The summed E-state index contributed by atoms with van der Waals surface area (Å²) in [4.78, 5) is 7.05. The van der Waals surface area contributed by atoms with Crippen LogP contribution in [-0.4, -0.2) is 46.0 Å². The van der Waals surface area contributed by atoms with Crippen molar-refractivity contribution in [2.75, 3.05) is 20.7 Å². The Labute approximate surface area is 202 Å². The van der Waals surface area contributed by atoms with Gasteiger partial charge in [-0.15, -0.1) is 24.0 Å². The Morgan fingerprint density at radius 1 is 1.16 bits per heavy atom. The second-order valence-corrected chi connectivity index (χ2v) is 9.09. The van der Waals surface area contributed by atoms with Crippen LogP contribution in [0.25, 0.3) is 0 Å². The topological polar surface area (TPSA) is 83.0 Å². The minimum absolute atomic E-state index is 0. The van der Waals surface area contributed by atoms with Gasteiger partial charge in [0.15, 0.2) is 5.96 Å². The van der Waals surface area contributed by atoms with Gasteiger partial charge >= 0.3 is 0 Å². The number of guanidine groups is 1. The second-order valence-electron chi connectivity index (χ2n) is 7.38. The molecule has 0 aliphatic heterocycles. The van der Waals surface area contributed by atoms with Gasteiger partial charge in [0.25, 0.3) is 0 Å². The fourth-order valence-electron chi connectivity index (χ4n) is 3.06. The highest BCUT2D eigenvalue weighted by atomic mass is 127. The summed E-state index contributed by atoms with van der Waals surface area (Å²) in [6.45, 7) is 3.88. The van der Waals surface area contributed by atoms with Gasteiger partial charge in [-0.3, -0.25) is 0 Å². The molecule has 3 rings (SSSR count). The SMILES string of the molecule is CCNC(=NCc1ccc(S(=O)(=O)NC2CC2)cc1)N(C)Cc1ccccc1OC.I. The molecule has 2 aromatic carbocycles. The van der Waals surface area contributed by atoms with Crippen LogP contribution in [0.1, 0.15) is 30.9 Å². The van der Waals surface area contributed by atoms with Gasteiger partial charge in [-0.1, -0.05) is 30.3 Å². The van der Waals surface area contributed by atoms with E-state index in [0.29, 0.717) is 18.0 Å². The molecule has 0 saturated heterocycles. The van der Waals surface area contributed by atoms with E-state index in [4.69, 9.17) is 9.73 Å². The molecule has 0 radical (unpaired) electrons. The molecule has 2 aromatic rings. The molecule has 0 aromatic heterocycles. The van der Waals surface area contributed by atoms with Gasteiger partial charge in [-0.25, -0.2) is 18.1 Å². The van der Waals surface area contributed by atoms with Gasteiger partial charge in [-0.05, 0) is 43.5 Å². The Bertz CT molecular complexity index is 977. The van der Waals surface area contributed by atoms with Crippen LogP contribution < -0.4 is 14.8 Å². The maximum Gasteiger partial charge on any atom is 0.240 e. The average molecular weight is 558 g/mol. The first-order valence-corrected chi connectivity index (χ1v) is 11.6. The Balaban J connectivity index is 0.00000341. The zero-order valence-corrected chi connectivity index (χ0v) is 21.3. The second kappa shape index (κ2) is 11.7. The molecule has 2 N–H and O–H groups in total. The lowest BCUT2D eigenvalue weighted by atomic mass is 10.2. The third-order valence-electron chi connectivity index (χ3n) is 4.84. The van der Waals surface area contributed by atoms with Crippen molar-refractivity contribution in [3.05, 3.63) is 59.7 Å². The average Bonchev–Trinajstić information content (AvgIpc) is 3.55. The molecule has 170 valence electrons. The molecule has 7 nitrogen and oxygen atoms in total. The minimum Gasteiger partial charge on any atom is -0.496 e. The van der Waals surface area contributed by atoms with Crippen LogP contribution in [0.5, 0.6) is 5.75 Å². The standard InChI is InChI=1S/C22H30N4O3S.HI/c1-4-23-22(26(2)16-18-7-5-6-8-21(18)29-3)24-15-17-9-13-20(14-10-17)30(27,28)25-19-11-12-19;/h5-10,13-14,19,25H,4,11-12,15-16H2,1-3H3,(H,23,24);1H. The molecule has 1 fully saturated rings. The van der Waals surface area contributed by atoms with E-state index < -0.39 is 10.0 Å². The number of hydrogen-bond donors (Lipinski definition) is 2. The van der Waals surface area contributed by atoms with Crippen molar-refractivity contribution in [3.63, 3.8) is 0 Å². The van der Waals surface area contributed by atoms with Crippen molar-refractivity contribution >= 4 is 40.0 Å². The van der Waals surface area contributed by atoms with E-state index in [1.165, 1.54) is 0 Å². The van der Waals surface area contributed by atoms with Crippen molar-refractivity contribution in [1.82, 2.24) is 14.9 Å². The van der Waals surface area contributed by atoms with Crippen LogP contribution >= 0.6 is 24.0 Å². The number of aliphatic imine (C=N–C) groups is 1. The van der Waals surface area contributed by atoms with Gasteiger partial charge in [-0.2, -0.15) is 0 Å². The lowest BCUT2D eigenvalue weighted by Crippen LogP contribution is -2.38. The van der Waals surface area contributed by atoms with Crippen molar-refractivity contribution < 1.29 is 13.2 Å². The molecular formula is C22H31IN4O3S. The molecule has 0 amide bonds. The Morgan fingerprint density at radius 2 is 1.84 bits per heavy atom. The highest BCUT2D eigenvalue weighted by Gasteiger charge is 2.27. The Hall–Kier alpha value is -1.85. The Kier molecular flexibility index (Phi) is 9.57. The normalized spacial score (nSPS) is 14.0. The number of ether oxygens (including phenoxy) is 1. The summed E-state index contributed by atoms with van der Waals surface area (Å²) < 4.78 is 32.7. The summed E-state index contributed by atoms with van der Waals surface area (Å²) >= 11 is 0. The number of hydrogen-bond acceptors (Lipinski definition) is 4. The number of halogens is 1. The predicted molar refractivity (Wildman–Crippen MR) is 134 cm³/mol. The smallest absolute Gasteiger partial charge is 0.240 e. The third kappa shape index (κ3) is 7.36. The van der Waals surface area contributed by atoms with E-state index >= 15 is 0 Å². The summed E-state index contributed by atoms with van der Waals surface area (Å²) in [6.07, 6.45) is 1.84. The van der Waals surface area contributed by atoms with E-state index in [1.807, 2.05) is 55.3 Å². The highest BCUT2D eigenvalue weighted by Crippen LogP contribution is 2.22. The molecule has 1 saturated carbocycles. The first kappa shape index (κ1) is 25.4. The number of benzene rings is 2. The van der Waals surface area contributed by atoms with E-state index in [0.717, 1.165) is 42.2 Å². The number of nitrogens with zero attached hydrogens (tertiary/aromatic N) is 2. The van der Waals surface area contributed by atoms with Crippen LogP contribution in [-0.2, 0) is 23.1 Å². The Morgan fingerprint density at radius 3 is 2.45 bits per heavy atom. The summed E-state index contributed by atoms with van der Waals surface area (Å²) in [5.74, 6) is 1.62. The highest BCUT2D eigenvalue weighted by molar-refractivity contribution is 14.0. The fourth-order valence-corrected chi connectivity index (χ4v) is 4.37. The summed E-state index contributed by atoms with van der Waals surface area (Å²) in [6, 6.07) is 14.9. The largest absolute Gasteiger partial charge is 0.496 e. The minimum atomic E-state index is -3.43. The fraction of sp³-hybridized carbons (Fsp3) is 0.409. The number of nitrogens with one attached hydrogen (secondary N) is 2. The molecule has 0 bridgehead atoms. The van der Waals surface area contributed by atoms with Gasteiger partial charge in [0.2, 0.25) is 10.0 Å². The van der Waals surface area contributed by atoms with Crippen molar-refractivity contribution in [2.24, 2.45) is 4.99 Å². The van der Waals surface area contributed by atoms with E-state index in [1.54, 1.807) is 19.2 Å². The lowest BCUT2D eigenvalue weighted by molar-refractivity contribution is 0.396. The van der Waals surface area contributed by atoms with Crippen LogP contribution in [0.2, 0.25) is 0 Å². The zero-order chi connectivity index (χ0) is 21.6. The maximum atomic E-state index is 12.3. The molecule has 31 heavy (non-hydrogen) atoms. The quantitative estimate of drug-likeness (QED) is 0.280. The number of para-hydroxylation sites is 1. The molecule has 1 aliphatic rings. The molecule has 0 spiro atoms. The summed E-state index contributed by atoms with van der Waals surface area (Å²) in [5.41, 5.74) is 2.02. The van der Waals surface area contributed by atoms with Crippen molar-refractivity contribution in [3.8, 4) is 5.75 Å². The summed E-state index contributed by atoms with van der Waals surface area (Å²) in [5, 5.41) is 3.30. The predicted octanol–water partition coefficient (Wildman–Crippen LogP) is 3.35. The summed E-state index contributed by atoms with van der Waals surface area (Å²) in [7, 11) is 0.222. The van der Waals surface area contributed by atoms with Gasteiger partial charge in [0, 0.05) is 31.7 Å². The van der Waals surface area contributed by atoms with Crippen LogP contribution in [0.4, 0.5) is 0 Å². The molecule has 9 heteroatoms. The monoisotopic (exact) mass is 558 g/mol. The van der Waals surface area contributed by atoms with E-state index in [9.17, 15) is 8.42 Å². The maximum absolute atomic E-state index is 12.3. The number of sulfonamides is 1. The van der Waals surface area contributed by atoms with Crippen LogP contribution in [0.3, 0.4) is 0 Å². The number of rotatable bonds is 9. The van der Waals surface area contributed by atoms with E-state index in [2.05, 4.69) is 10.0 Å². The van der Waals surface area contributed by atoms with Crippen LogP contribution in [0.15, 0.2) is 58.4 Å². The molecule has 0 unspecified atom stereocenters. The molecule has 0 atom stereocenters. The molecule has 0 heterocycles. The molecule has 1 aliphatic carbocycles. The van der Waals surface area contributed by atoms with Gasteiger partial charge < -0.3 is 15.0 Å². The van der Waals surface area contributed by atoms with Gasteiger partial charge in [0.05, 0.1) is 18.6 Å². The van der Waals surface area contributed by atoms with Crippen LogP contribution in [0, 0.1) is 0 Å². The molecular weight excluding hydrogens is 527 g/mol. The van der Waals surface area contributed by atoms with Gasteiger partial charge in [0.1, 0.15) is 5.75 Å². The number of methoxy groups -OCH3 is 1. The van der Waals surface area contributed by atoms with Crippen molar-refractivity contribution in [2.45, 2.75) is 43.8 Å². The zero-order valence-electron chi connectivity index (χ0n) is 18.2.